The van der Waals surface area contributed by atoms with Gasteiger partial charge in [-0.2, -0.15) is 0 Å². The van der Waals surface area contributed by atoms with Crippen molar-refractivity contribution in [2.75, 3.05) is 6.61 Å². The smallest absolute Gasteiger partial charge is 0.131 e. The molecule has 0 bridgehead atoms. The summed E-state index contributed by atoms with van der Waals surface area (Å²) in [6.45, 7) is 0.0753. The van der Waals surface area contributed by atoms with Gasteiger partial charge < -0.3 is 9.90 Å². The molecule has 0 saturated heterocycles. The Bertz CT molecular complexity index is 107. The zero-order chi connectivity index (χ0) is 6.24. The van der Waals surface area contributed by atoms with Gasteiger partial charge >= 0.3 is 0 Å². The zero-order valence-electron chi connectivity index (χ0n) is 4.55. The maximum Gasteiger partial charge on any atom is 0.131 e. The van der Waals surface area contributed by atoms with Crippen molar-refractivity contribution in [2.24, 2.45) is 0 Å². The van der Waals surface area contributed by atoms with E-state index in [1.807, 2.05) is 0 Å². The van der Waals surface area contributed by atoms with Gasteiger partial charge in [-0.05, 0) is 0 Å². The average molecular weight is 112 g/mol. The quantitative estimate of drug-likeness (QED) is 0.402. The Kier molecular flexibility index (Phi) is 5.56. The summed E-state index contributed by atoms with van der Waals surface area (Å²) in [5.41, 5.74) is 0. The van der Waals surface area contributed by atoms with Crippen LogP contribution in [-0.2, 0) is 4.79 Å². The van der Waals surface area contributed by atoms with Crippen molar-refractivity contribution < 1.29 is 9.90 Å². The van der Waals surface area contributed by atoms with E-state index in [2.05, 4.69) is 11.8 Å². The fourth-order valence-electron chi connectivity index (χ4n) is 0.258. The fourth-order valence-corrected chi connectivity index (χ4v) is 0.258. The minimum Gasteiger partial charge on any atom is -0.395 e. The van der Waals surface area contributed by atoms with Crippen LogP contribution in [0, 0.1) is 11.8 Å². The topological polar surface area (TPSA) is 37.3 Å². The predicted octanol–water partition coefficient (Wildman–Crippen LogP) is -0.0388. The number of carbonyl (C=O) groups is 1. The van der Waals surface area contributed by atoms with Crippen molar-refractivity contribution in [1.82, 2.24) is 0 Å². The van der Waals surface area contributed by atoms with E-state index in [4.69, 9.17) is 5.11 Å². The zero-order valence-corrected chi connectivity index (χ0v) is 4.55. The molecule has 0 aliphatic heterocycles. The Balaban J connectivity index is 3.07. The molecule has 0 radical (unpaired) electrons. The molecule has 0 aliphatic carbocycles. The Morgan fingerprint density at radius 1 is 1.50 bits per heavy atom. The monoisotopic (exact) mass is 112 g/mol. The van der Waals surface area contributed by atoms with Crippen molar-refractivity contribution in [1.29, 1.82) is 0 Å². The van der Waals surface area contributed by atoms with Crippen LogP contribution in [0.3, 0.4) is 0 Å². The largest absolute Gasteiger partial charge is 0.395 e. The molecule has 0 spiro atoms. The highest BCUT2D eigenvalue weighted by molar-refractivity contribution is 5.53. The van der Waals surface area contributed by atoms with Crippen molar-refractivity contribution in [2.45, 2.75) is 12.8 Å². The standard InChI is InChI=1S/C6H8O2/c7-5-3-1-2-4-6-8/h5,8H,3-4,6H2. The highest BCUT2D eigenvalue weighted by Gasteiger charge is 1.70. The summed E-state index contributed by atoms with van der Waals surface area (Å²) in [5, 5.41) is 8.17. The molecule has 0 amide bonds. The lowest BCUT2D eigenvalue weighted by Crippen LogP contribution is -1.75. The van der Waals surface area contributed by atoms with E-state index in [1.165, 1.54) is 0 Å². The molecule has 0 unspecified atom stereocenters. The third-order valence-electron chi connectivity index (χ3n) is 0.547. The summed E-state index contributed by atoms with van der Waals surface area (Å²) in [4.78, 5) is 9.60. The van der Waals surface area contributed by atoms with E-state index in [9.17, 15) is 4.79 Å². The Labute approximate surface area is 48.5 Å². The maximum absolute atomic E-state index is 9.60. The summed E-state index contributed by atoms with van der Waals surface area (Å²) in [6, 6.07) is 0. The third-order valence-corrected chi connectivity index (χ3v) is 0.547. The van der Waals surface area contributed by atoms with Gasteiger partial charge in [-0.3, -0.25) is 0 Å². The molecule has 0 aromatic carbocycles. The first-order valence-electron chi connectivity index (χ1n) is 2.42. The van der Waals surface area contributed by atoms with Crippen molar-refractivity contribution in [3.8, 4) is 11.8 Å². The van der Waals surface area contributed by atoms with Gasteiger partial charge in [0.1, 0.15) is 6.29 Å². The van der Waals surface area contributed by atoms with Crippen LogP contribution in [0.2, 0.25) is 0 Å². The molecule has 0 saturated carbocycles. The van der Waals surface area contributed by atoms with Crippen molar-refractivity contribution >= 4 is 6.29 Å². The van der Waals surface area contributed by atoms with Crippen LogP contribution >= 0.6 is 0 Å². The third kappa shape index (κ3) is 5.19. The molecule has 1 N–H and O–H groups in total. The molecule has 0 heterocycles. The number of rotatable bonds is 2. The lowest BCUT2D eigenvalue weighted by atomic mass is 10.4. The summed E-state index contributed by atoms with van der Waals surface area (Å²) in [6.07, 6.45) is 1.48. The summed E-state index contributed by atoms with van der Waals surface area (Å²) >= 11 is 0. The normalized spacial score (nSPS) is 7.12. The molecule has 0 aromatic heterocycles. The summed E-state index contributed by atoms with van der Waals surface area (Å²) in [5.74, 6) is 5.16. The molecule has 0 aliphatic rings. The van der Waals surface area contributed by atoms with Crippen LogP contribution in [0.4, 0.5) is 0 Å². The highest BCUT2D eigenvalue weighted by Crippen LogP contribution is 1.70. The SMILES string of the molecule is O=CCC#CCCO. The van der Waals surface area contributed by atoms with Crippen LogP contribution < -0.4 is 0 Å². The Hall–Kier alpha value is -0.810. The number of carbonyl (C=O) groups excluding carboxylic acids is 1. The molecule has 2 nitrogen and oxygen atoms in total. The van der Waals surface area contributed by atoms with Gasteiger partial charge in [-0.25, -0.2) is 0 Å². The predicted molar refractivity (Wildman–Crippen MR) is 30.2 cm³/mol. The number of hydrogen-bond acceptors (Lipinski definition) is 2. The van der Waals surface area contributed by atoms with E-state index >= 15 is 0 Å². The maximum atomic E-state index is 9.60. The van der Waals surface area contributed by atoms with Crippen LogP contribution in [0.25, 0.3) is 0 Å². The lowest BCUT2D eigenvalue weighted by Gasteiger charge is -1.74. The molecule has 0 atom stereocenters. The van der Waals surface area contributed by atoms with E-state index < -0.39 is 0 Å². The second-order valence-electron chi connectivity index (χ2n) is 1.20. The van der Waals surface area contributed by atoms with E-state index in [0.29, 0.717) is 6.42 Å². The minimum absolute atomic E-state index is 0.0753. The molecule has 8 heavy (non-hydrogen) atoms. The van der Waals surface area contributed by atoms with E-state index in [-0.39, 0.29) is 13.0 Å². The van der Waals surface area contributed by atoms with Gasteiger partial charge in [0.25, 0.3) is 0 Å². The molecule has 2 heteroatoms. The van der Waals surface area contributed by atoms with Gasteiger partial charge in [0.15, 0.2) is 0 Å². The first-order valence-corrected chi connectivity index (χ1v) is 2.42. The van der Waals surface area contributed by atoms with Crippen LogP contribution in [0.15, 0.2) is 0 Å². The van der Waals surface area contributed by atoms with Gasteiger partial charge in [-0.1, -0.05) is 5.92 Å². The first kappa shape index (κ1) is 7.19. The fraction of sp³-hybridized carbons (Fsp3) is 0.500. The van der Waals surface area contributed by atoms with Crippen molar-refractivity contribution in [3.05, 3.63) is 0 Å². The van der Waals surface area contributed by atoms with Gasteiger partial charge in [0.2, 0.25) is 0 Å². The van der Waals surface area contributed by atoms with Crippen LogP contribution in [0.5, 0.6) is 0 Å². The molecular formula is C6H8O2. The molecule has 44 valence electrons. The van der Waals surface area contributed by atoms with E-state index in [0.717, 1.165) is 6.29 Å². The molecule has 0 rings (SSSR count). The van der Waals surface area contributed by atoms with E-state index in [1.54, 1.807) is 0 Å². The van der Waals surface area contributed by atoms with Gasteiger partial charge in [0, 0.05) is 6.42 Å². The van der Waals surface area contributed by atoms with Gasteiger partial charge in [-0.15, -0.1) is 5.92 Å². The molecular weight excluding hydrogens is 104 g/mol. The van der Waals surface area contributed by atoms with Gasteiger partial charge in [0.05, 0.1) is 13.0 Å². The highest BCUT2D eigenvalue weighted by atomic mass is 16.2. The number of hydrogen-bond donors (Lipinski definition) is 1. The number of aliphatic hydroxyl groups excluding tert-OH is 1. The molecule has 0 aromatic rings. The summed E-state index contributed by atoms with van der Waals surface area (Å²) in [7, 11) is 0. The summed E-state index contributed by atoms with van der Waals surface area (Å²) < 4.78 is 0. The average Bonchev–Trinajstić information content (AvgIpc) is 1.81. The number of aldehydes is 1. The first-order chi connectivity index (χ1) is 3.91. The Morgan fingerprint density at radius 3 is 2.75 bits per heavy atom. The second kappa shape index (κ2) is 6.19. The van der Waals surface area contributed by atoms with Crippen LogP contribution in [-0.4, -0.2) is 18.0 Å². The minimum atomic E-state index is 0.0753. The van der Waals surface area contributed by atoms with Crippen molar-refractivity contribution in [3.63, 3.8) is 0 Å². The number of aliphatic hydroxyl groups is 1. The molecule has 0 fully saturated rings. The Morgan fingerprint density at radius 2 is 2.25 bits per heavy atom. The lowest BCUT2D eigenvalue weighted by molar-refractivity contribution is -0.107. The second-order valence-corrected chi connectivity index (χ2v) is 1.20. The van der Waals surface area contributed by atoms with Crippen LogP contribution in [0.1, 0.15) is 12.8 Å².